The van der Waals surface area contributed by atoms with Crippen molar-refractivity contribution in [1.29, 1.82) is 0 Å². The van der Waals surface area contributed by atoms with E-state index in [0.29, 0.717) is 10.1 Å². The minimum Gasteiger partial charge on any atom is -0.428 e. The normalized spacial score (nSPS) is 27.0. The van der Waals surface area contributed by atoms with E-state index in [9.17, 15) is 4.79 Å². The van der Waals surface area contributed by atoms with Crippen molar-refractivity contribution in [2.24, 2.45) is 0 Å². The topological polar surface area (TPSA) is 46.5 Å². The van der Waals surface area contributed by atoms with Gasteiger partial charge >= 0.3 is 5.97 Å². The van der Waals surface area contributed by atoms with Crippen LogP contribution in [0.15, 0.2) is 10.1 Å². The molecule has 3 nitrogen and oxygen atoms in total. The number of carbonyl (C=O) groups excluding carboxylic acids is 1. The van der Waals surface area contributed by atoms with E-state index in [1.165, 1.54) is 0 Å². The molecular formula is C5H5BrO3. The lowest BCUT2D eigenvalue weighted by molar-refractivity contribution is -0.151. The molecule has 0 radical (unpaired) electrons. The molecule has 0 aromatic heterocycles. The third kappa shape index (κ3) is 0.997. The molecule has 9 heavy (non-hydrogen) atoms. The van der Waals surface area contributed by atoms with Crippen molar-refractivity contribution in [3.8, 4) is 0 Å². The number of ether oxygens (including phenoxy) is 1. The molecule has 0 aromatic rings. The van der Waals surface area contributed by atoms with Crippen molar-refractivity contribution < 1.29 is 14.6 Å². The van der Waals surface area contributed by atoms with Crippen LogP contribution in [-0.2, 0) is 9.53 Å². The van der Waals surface area contributed by atoms with E-state index in [-0.39, 0.29) is 0 Å². The molecule has 50 valence electrons. The number of halogens is 1. The number of hydrogen-bond acceptors (Lipinski definition) is 3. The molecule has 0 aromatic carbocycles. The minimum atomic E-state index is -1.05. The largest absolute Gasteiger partial charge is 0.428 e. The van der Waals surface area contributed by atoms with Crippen molar-refractivity contribution >= 4 is 21.9 Å². The number of aliphatic hydroxyl groups excluding tert-OH is 1. The predicted molar refractivity (Wildman–Crippen MR) is 33.7 cm³/mol. The number of cyclic esters (lactones) is 1. The molecule has 1 aliphatic rings. The summed E-state index contributed by atoms with van der Waals surface area (Å²) in [4.78, 5) is 10.5. The van der Waals surface area contributed by atoms with Crippen LogP contribution in [0.1, 0.15) is 6.92 Å². The maximum Gasteiger partial charge on any atom is 0.347 e. The maximum atomic E-state index is 10.5. The minimum absolute atomic E-state index is 0.329. The summed E-state index contributed by atoms with van der Waals surface area (Å²) in [5, 5.41) is 8.81. The fourth-order valence-electron chi connectivity index (χ4n) is 0.511. The number of esters is 1. The highest BCUT2D eigenvalue weighted by atomic mass is 79.9. The van der Waals surface area contributed by atoms with Gasteiger partial charge in [-0.1, -0.05) is 0 Å². The first-order valence-corrected chi connectivity index (χ1v) is 3.17. The Bertz CT molecular complexity index is 185. The fraction of sp³-hybridized carbons (Fsp3) is 0.400. The maximum absolute atomic E-state index is 10.5. The van der Waals surface area contributed by atoms with Crippen molar-refractivity contribution in [3.63, 3.8) is 0 Å². The first-order chi connectivity index (χ1) is 4.13. The Kier molecular flexibility index (Phi) is 1.59. The van der Waals surface area contributed by atoms with Gasteiger partial charge in [0.05, 0.1) is 0 Å². The lowest BCUT2D eigenvalue weighted by Crippen LogP contribution is -2.07. The van der Waals surface area contributed by atoms with E-state index >= 15 is 0 Å². The first kappa shape index (κ1) is 6.77. The van der Waals surface area contributed by atoms with Gasteiger partial charge in [0.1, 0.15) is 4.48 Å². The molecule has 4 heteroatoms. The molecule has 0 bridgehead atoms. The van der Waals surface area contributed by atoms with Gasteiger partial charge in [-0.25, -0.2) is 4.79 Å². The molecule has 1 atom stereocenters. The van der Waals surface area contributed by atoms with Crippen molar-refractivity contribution in [1.82, 2.24) is 0 Å². The molecule has 1 heterocycles. The van der Waals surface area contributed by atoms with Crippen LogP contribution < -0.4 is 0 Å². The average molecular weight is 193 g/mol. The van der Waals surface area contributed by atoms with Gasteiger partial charge in [-0.15, -0.1) is 0 Å². The van der Waals surface area contributed by atoms with Gasteiger partial charge in [0, 0.05) is 5.57 Å². The molecule has 1 aliphatic heterocycles. The van der Waals surface area contributed by atoms with E-state index in [2.05, 4.69) is 20.7 Å². The second-order valence-corrected chi connectivity index (χ2v) is 2.55. The van der Waals surface area contributed by atoms with Crippen LogP contribution in [0.25, 0.3) is 0 Å². The van der Waals surface area contributed by atoms with E-state index in [4.69, 9.17) is 5.11 Å². The molecule has 0 spiro atoms. The molecule has 0 aliphatic carbocycles. The number of carbonyl (C=O) groups is 1. The third-order valence-corrected chi connectivity index (χ3v) is 2.06. The number of rotatable bonds is 0. The van der Waals surface area contributed by atoms with Gasteiger partial charge in [-0.3, -0.25) is 0 Å². The fourth-order valence-corrected chi connectivity index (χ4v) is 0.800. The van der Waals surface area contributed by atoms with Crippen LogP contribution in [-0.4, -0.2) is 17.4 Å². The van der Waals surface area contributed by atoms with Gasteiger partial charge in [-0.2, -0.15) is 0 Å². The summed E-state index contributed by atoms with van der Waals surface area (Å²) in [7, 11) is 0. The second-order valence-electron chi connectivity index (χ2n) is 1.75. The highest BCUT2D eigenvalue weighted by Gasteiger charge is 2.27. The zero-order chi connectivity index (χ0) is 7.02. The van der Waals surface area contributed by atoms with Crippen LogP contribution in [0.4, 0.5) is 0 Å². The van der Waals surface area contributed by atoms with Crippen molar-refractivity contribution in [2.45, 2.75) is 13.2 Å². The van der Waals surface area contributed by atoms with Gasteiger partial charge in [-0.05, 0) is 22.9 Å². The summed E-state index contributed by atoms with van der Waals surface area (Å²) in [5.74, 6) is -0.500. The summed E-state index contributed by atoms with van der Waals surface area (Å²) >= 11 is 2.95. The Balaban J connectivity index is 2.92. The number of hydrogen-bond donors (Lipinski definition) is 1. The summed E-state index contributed by atoms with van der Waals surface area (Å²) in [6.07, 6.45) is -1.05. The molecular weight excluding hydrogens is 188 g/mol. The van der Waals surface area contributed by atoms with Crippen LogP contribution in [0.3, 0.4) is 0 Å². The zero-order valence-electron chi connectivity index (χ0n) is 4.72. The summed E-state index contributed by atoms with van der Waals surface area (Å²) in [5.41, 5.74) is 0.528. The molecule has 0 saturated heterocycles. The Labute approximate surface area is 60.4 Å². The Morgan fingerprint density at radius 2 is 2.33 bits per heavy atom. The lowest BCUT2D eigenvalue weighted by atomic mass is 10.3. The molecule has 0 unspecified atom stereocenters. The zero-order valence-corrected chi connectivity index (χ0v) is 6.31. The van der Waals surface area contributed by atoms with Gasteiger partial charge in [0.2, 0.25) is 6.29 Å². The van der Waals surface area contributed by atoms with Crippen LogP contribution in [0, 0.1) is 0 Å². The van der Waals surface area contributed by atoms with Crippen LogP contribution in [0.5, 0.6) is 0 Å². The Morgan fingerprint density at radius 1 is 1.78 bits per heavy atom. The van der Waals surface area contributed by atoms with Crippen molar-refractivity contribution in [3.05, 3.63) is 10.1 Å². The monoisotopic (exact) mass is 192 g/mol. The van der Waals surface area contributed by atoms with E-state index in [1.54, 1.807) is 6.92 Å². The molecule has 0 fully saturated rings. The summed E-state index contributed by atoms with van der Waals surface area (Å²) < 4.78 is 4.71. The SMILES string of the molecule is CC1=C(Br)C(=O)O[C@H]1O. The molecule has 0 amide bonds. The molecule has 1 rings (SSSR count). The first-order valence-electron chi connectivity index (χ1n) is 2.38. The summed E-state index contributed by atoms with van der Waals surface area (Å²) in [6, 6.07) is 0. The Morgan fingerprint density at radius 3 is 2.44 bits per heavy atom. The molecule has 1 N–H and O–H groups in total. The molecule has 0 saturated carbocycles. The lowest BCUT2D eigenvalue weighted by Gasteiger charge is -1.99. The third-order valence-electron chi connectivity index (χ3n) is 1.11. The van der Waals surface area contributed by atoms with E-state index < -0.39 is 12.3 Å². The van der Waals surface area contributed by atoms with E-state index in [1.807, 2.05) is 0 Å². The van der Waals surface area contributed by atoms with Crippen LogP contribution >= 0.6 is 15.9 Å². The highest BCUT2D eigenvalue weighted by Crippen LogP contribution is 2.24. The van der Waals surface area contributed by atoms with E-state index in [0.717, 1.165) is 0 Å². The average Bonchev–Trinajstić information content (AvgIpc) is 1.98. The highest BCUT2D eigenvalue weighted by molar-refractivity contribution is 9.12. The predicted octanol–water partition coefficient (Wildman–Crippen LogP) is 0.530. The van der Waals surface area contributed by atoms with Gasteiger partial charge in [0.15, 0.2) is 0 Å². The smallest absolute Gasteiger partial charge is 0.347 e. The number of aliphatic hydroxyl groups is 1. The van der Waals surface area contributed by atoms with Crippen LogP contribution in [0.2, 0.25) is 0 Å². The standard InChI is InChI=1S/C5H5BrO3/c1-2-3(6)5(8)9-4(2)7/h4,7H,1H3/t4-/m1/s1. The van der Waals surface area contributed by atoms with Gasteiger partial charge in [0.25, 0.3) is 0 Å². The quantitative estimate of drug-likeness (QED) is 0.570. The second kappa shape index (κ2) is 2.11. The van der Waals surface area contributed by atoms with Gasteiger partial charge < -0.3 is 9.84 Å². The van der Waals surface area contributed by atoms with Crippen molar-refractivity contribution in [2.75, 3.05) is 0 Å². The summed E-state index contributed by atoms with van der Waals surface area (Å²) in [6.45, 7) is 1.62. The Hall–Kier alpha value is -0.350.